The monoisotopic (exact) mass is 427 g/mol. The van der Waals surface area contributed by atoms with Crippen molar-refractivity contribution in [2.24, 2.45) is 4.99 Å². The Morgan fingerprint density at radius 1 is 1.14 bits per heavy atom. The fraction of sp³-hybridized carbons (Fsp3) is 0.619. The van der Waals surface area contributed by atoms with Crippen molar-refractivity contribution in [2.45, 2.75) is 76.0 Å². The lowest BCUT2D eigenvalue weighted by Crippen LogP contribution is -2.50. The molecule has 8 heteroatoms. The zero-order valence-electron chi connectivity index (χ0n) is 17.1. The van der Waals surface area contributed by atoms with Gasteiger partial charge in [0.15, 0.2) is 5.17 Å². The second-order valence-electron chi connectivity index (χ2n) is 7.84. The Kier molecular flexibility index (Phi) is 6.81. The molecule has 160 valence electrons. The molecule has 0 N–H and O–H groups in total. The number of carbonyl (C=O) groups is 1. The van der Waals surface area contributed by atoms with Gasteiger partial charge in [0.05, 0.1) is 11.6 Å². The molecular formula is C21H28F3N3OS. The molecule has 1 aromatic carbocycles. The van der Waals surface area contributed by atoms with Crippen molar-refractivity contribution in [1.82, 2.24) is 4.90 Å². The van der Waals surface area contributed by atoms with Gasteiger partial charge in [-0.3, -0.25) is 14.7 Å². The van der Waals surface area contributed by atoms with E-state index in [1.807, 2.05) is 18.9 Å². The number of benzene rings is 1. The summed E-state index contributed by atoms with van der Waals surface area (Å²) in [7, 11) is 1.91. The fourth-order valence-corrected chi connectivity index (χ4v) is 5.36. The van der Waals surface area contributed by atoms with E-state index in [0.29, 0.717) is 11.7 Å². The van der Waals surface area contributed by atoms with Gasteiger partial charge in [0.25, 0.3) is 0 Å². The highest BCUT2D eigenvalue weighted by Crippen LogP contribution is 2.37. The minimum Gasteiger partial charge on any atom is -0.333 e. The van der Waals surface area contributed by atoms with E-state index < -0.39 is 11.7 Å². The van der Waals surface area contributed by atoms with Crippen LogP contribution in [0.3, 0.4) is 0 Å². The van der Waals surface area contributed by atoms with Gasteiger partial charge >= 0.3 is 6.18 Å². The van der Waals surface area contributed by atoms with Gasteiger partial charge in [-0.2, -0.15) is 13.2 Å². The number of nitrogens with zero attached hydrogens (tertiary/aromatic N) is 3. The summed E-state index contributed by atoms with van der Waals surface area (Å²) in [6.45, 7) is 3.48. The van der Waals surface area contributed by atoms with Crippen LogP contribution in [0.25, 0.3) is 0 Å². The summed E-state index contributed by atoms with van der Waals surface area (Å²) in [5, 5.41) is 0.961. The number of rotatable bonds is 3. The van der Waals surface area contributed by atoms with Gasteiger partial charge in [-0.25, -0.2) is 0 Å². The zero-order chi connectivity index (χ0) is 21.2. The maximum atomic E-state index is 12.9. The minimum atomic E-state index is -4.40. The summed E-state index contributed by atoms with van der Waals surface area (Å²) in [4.78, 5) is 21.0. The van der Waals surface area contributed by atoms with Crippen LogP contribution in [-0.2, 0) is 11.0 Å². The normalized spacial score (nSPS) is 25.3. The molecule has 2 aliphatic rings. The van der Waals surface area contributed by atoms with E-state index in [2.05, 4.69) is 0 Å². The van der Waals surface area contributed by atoms with Crippen LogP contribution in [0.15, 0.2) is 29.3 Å². The first-order valence-corrected chi connectivity index (χ1v) is 11.0. The van der Waals surface area contributed by atoms with Crippen molar-refractivity contribution < 1.29 is 18.0 Å². The molecule has 0 aromatic heterocycles. The smallest absolute Gasteiger partial charge is 0.333 e. The first-order valence-electron chi connectivity index (χ1n) is 10.1. The van der Waals surface area contributed by atoms with Crippen LogP contribution in [-0.4, -0.2) is 40.5 Å². The predicted octanol–water partition coefficient (Wildman–Crippen LogP) is 5.53. The standard InChI is InChI=1S/C21H28F3N3OS/c1-14-19(26(3)20(29-14)25-17-8-6-4-5-7-9-17)27(15(2)28)18-12-10-16(11-13-18)21(22,23)24/h10-14,17,19H,4-9H2,1-3H3. The first-order chi connectivity index (χ1) is 13.7. The third-order valence-corrected chi connectivity index (χ3v) is 6.82. The maximum Gasteiger partial charge on any atom is 0.416 e. The van der Waals surface area contributed by atoms with Crippen LogP contribution < -0.4 is 4.90 Å². The highest BCUT2D eigenvalue weighted by molar-refractivity contribution is 8.14. The zero-order valence-corrected chi connectivity index (χ0v) is 17.9. The third kappa shape index (κ3) is 5.08. The minimum absolute atomic E-state index is 0.0516. The number of halogens is 3. The van der Waals surface area contributed by atoms with E-state index in [4.69, 9.17) is 4.99 Å². The molecule has 1 aliphatic carbocycles. The number of hydrogen-bond donors (Lipinski definition) is 0. The van der Waals surface area contributed by atoms with E-state index >= 15 is 0 Å². The molecule has 1 aliphatic heterocycles. The Balaban J connectivity index is 1.84. The van der Waals surface area contributed by atoms with Crippen molar-refractivity contribution in [3.05, 3.63) is 29.8 Å². The molecule has 0 spiro atoms. The maximum absolute atomic E-state index is 12.9. The second-order valence-corrected chi connectivity index (χ2v) is 9.18. The molecule has 1 saturated carbocycles. The number of alkyl halides is 3. The van der Waals surface area contributed by atoms with Gasteiger partial charge in [-0.05, 0) is 44.0 Å². The van der Waals surface area contributed by atoms with Crippen LogP contribution in [0.4, 0.5) is 18.9 Å². The number of carbonyl (C=O) groups excluding carboxylic acids is 1. The van der Waals surface area contributed by atoms with Crippen LogP contribution in [0.2, 0.25) is 0 Å². The Morgan fingerprint density at radius 3 is 2.24 bits per heavy atom. The average Bonchev–Trinajstić information content (AvgIpc) is 2.83. The molecule has 29 heavy (non-hydrogen) atoms. The number of aliphatic imine (C=N–C) groups is 1. The molecule has 1 heterocycles. The van der Waals surface area contributed by atoms with Gasteiger partial charge in [0, 0.05) is 24.9 Å². The van der Waals surface area contributed by atoms with Crippen LogP contribution >= 0.6 is 11.8 Å². The summed E-state index contributed by atoms with van der Waals surface area (Å²) in [6.07, 6.45) is 2.40. The van der Waals surface area contributed by atoms with Gasteiger partial charge in [0.1, 0.15) is 6.17 Å². The second kappa shape index (κ2) is 8.98. The summed E-state index contributed by atoms with van der Waals surface area (Å²) in [5.41, 5.74) is -0.256. The predicted molar refractivity (Wildman–Crippen MR) is 112 cm³/mol. The molecule has 1 amide bonds. The highest BCUT2D eigenvalue weighted by Gasteiger charge is 2.40. The Labute approximate surface area is 174 Å². The molecule has 0 bridgehead atoms. The van der Waals surface area contributed by atoms with Gasteiger partial charge in [-0.1, -0.05) is 37.4 Å². The molecule has 3 rings (SSSR count). The molecular weight excluding hydrogens is 399 g/mol. The Morgan fingerprint density at radius 2 is 1.72 bits per heavy atom. The molecule has 2 unspecified atom stereocenters. The van der Waals surface area contributed by atoms with Crippen molar-refractivity contribution in [2.75, 3.05) is 11.9 Å². The number of anilines is 1. The molecule has 1 aromatic rings. The summed E-state index contributed by atoms with van der Waals surface area (Å²) in [5.74, 6) is -0.204. The third-order valence-electron chi connectivity index (χ3n) is 5.60. The van der Waals surface area contributed by atoms with Gasteiger partial charge < -0.3 is 4.90 Å². The van der Waals surface area contributed by atoms with E-state index in [0.717, 1.165) is 30.1 Å². The largest absolute Gasteiger partial charge is 0.416 e. The number of hydrogen-bond acceptors (Lipinski definition) is 3. The molecule has 1 saturated heterocycles. The van der Waals surface area contributed by atoms with Crippen molar-refractivity contribution in [3.63, 3.8) is 0 Å². The fourth-order valence-electron chi connectivity index (χ4n) is 4.12. The van der Waals surface area contributed by atoms with Crippen LogP contribution in [0, 0.1) is 0 Å². The van der Waals surface area contributed by atoms with E-state index in [1.165, 1.54) is 44.7 Å². The Bertz CT molecular complexity index is 743. The lowest BCUT2D eigenvalue weighted by molar-refractivity contribution is -0.137. The van der Waals surface area contributed by atoms with Crippen molar-refractivity contribution >= 4 is 28.5 Å². The molecule has 2 fully saturated rings. The number of amides is 1. The van der Waals surface area contributed by atoms with Crippen LogP contribution in [0.5, 0.6) is 0 Å². The van der Waals surface area contributed by atoms with Gasteiger partial charge in [-0.15, -0.1) is 0 Å². The summed E-state index contributed by atoms with van der Waals surface area (Å²) in [6, 6.07) is 5.10. The molecule has 0 radical (unpaired) electrons. The SMILES string of the molecule is CC(=O)N(c1ccc(C(F)(F)F)cc1)C1C(C)SC(=NC2CCCCCC2)N1C. The average molecular weight is 428 g/mol. The summed E-state index contributed by atoms with van der Waals surface area (Å²) >= 11 is 1.63. The van der Waals surface area contributed by atoms with Gasteiger partial charge in [0.2, 0.25) is 5.91 Å². The Hall–Kier alpha value is -1.70. The number of amidine groups is 1. The first kappa shape index (κ1) is 22.0. The summed E-state index contributed by atoms with van der Waals surface area (Å²) < 4.78 is 38.7. The van der Waals surface area contributed by atoms with Crippen LogP contribution in [0.1, 0.15) is 57.9 Å². The topological polar surface area (TPSA) is 35.9 Å². The lowest BCUT2D eigenvalue weighted by atomic mass is 10.1. The molecule has 4 nitrogen and oxygen atoms in total. The molecule has 2 atom stereocenters. The van der Waals surface area contributed by atoms with Crippen molar-refractivity contribution in [3.8, 4) is 0 Å². The lowest BCUT2D eigenvalue weighted by Gasteiger charge is -2.35. The van der Waals surface area contributed by atoms with E-state index in [1.54, 1.807) is 16.7 Å². The quantitative estimate of drug-likeness (QED) is 0.595. The van der Waals surface area contributed by atoms with E-state index in [-0.39, 0.29) is 17.3 Å². The van der Waals surface area contributed by atoms with Crippen molar-refractivity contribution in [1.29, 1.82) is 0 Å². The highest BCUT2D eigenvalue weighted by atomic mass is 32.2. The number of thioether (sulfide) groups is 1. The van der Waals surface area contributed by atoms with E-state index in [9.17, 15) is 18.0 Å².